The minimum Gasteiger partial charge on any atom is -0.497 e. The fourth-order valence-electron chi connectivity index (χ4n) is 2.80. The summed E-state index contributed by atoms with van der Waals surface area (Å²) in [6.07, 6.45) is 6.17. The molecule has 0 aliphatic heterocycles. The number of rotatable bonds is 8. The number of carbonyl (C=O) groups excluding carboxylic acids is 2. The Bertz CT molecular complexity index is 1100. The molecule has 0 N–H and O–H groups in total. The second-order valence-electron chi connectivity index (χ2n) is 6.49. The molecule has 0 fully saturated rings. The van der Waals surface area contributed by atoms with Gasteiger partial charge in [0, 0.05) is 17.2 Å². The zero-order valence-corrected chi connectivity index (χ0v) is 17.3. The summed E-state index contributed by atoms with van der Waals surface area (Å²) in [6.45, 7) is 0. The summed E-state index contributed by atoms with van der Waals surface area (Å²) in [7, 11) is 3.14. The lowest BCUT2D eigenvalue weighted by Crippen LogP contribution is -2.04. The highest BCUT2D eigenvalue weighted by Gasteiger charge is 2.06. The molecule has 0 aliphatic rings. The first-order valence-electron chi connectivity index (χ1n) is 9.58. The summed E-state index contributed by atoms with van der Waals surface area (Å²) in [5, 5.41) is 0. The Morgan fingerprint density at radius 2 is 1.45 bits per heavy atom. The Kier molecular flexibility index (Phi) is 7.38. The van der Waals surface area contributed by atoms with E-state index < -0.39 is 5.97 Å². The van der Waals surface area contributed by atoms with Gasteiger partial charge in [-0.05, 0) is 66.3 Å². The third-order valence-corrected chi connectivity index (χ3v) is 4.42. The van der Waals surface area contributed by atoms with Crippen molar-refractivity contribution in [3.63, 3.8) is 0 Å². The van der Waals surface area contributed by atoms with Gasteiger partial charge in [0.05, 0.1) is 14.2 Å². The van der Waals surface area contributed by atoms with Crippen molar-refractivity contribution >= 4 is 23.9 Å². The minimum absolute atomic E-state index is 0.188. The van der Waals surface area contributed by atoms with Crippen molar-refractivity contribution in [1.29, 1.82) is 0 Å². The van der Waals surface area contributed by atoms with Crippen LogP contribution < -0.4 is 14.2 Å². The second-order valence-corrected chi connectivity index (χ2v) is 6.49. The molecule has 0 unspecified atom stereocenters. The summed E-state index contributed by atoms with van der Waals surface area (Å²) in [5.74, 6) is 0.980. The molecule has 5 heteroatoms. The molecule has 0 amide bonds. The second kappa shape index (κ2) is 10.6. The molecular formula is C26H22O5. The predicted octanol–water partition coefficient (Wildman–Crippen LogP) is 5.22. The standard InChI is InChI=1S/C26H22O5/c1-29-23-14-16-25(30-2)21(18-23)11-15-24(27)20-9-12-22(13-10-20)31-26(28)17-8-19-6-4-3-5-7-19/h3-18H,1-2H3/b15-11+,17-8+. The van der Waals surface area contributed by atoms with Gasteiger partial charge in [-0.25, -0.2) is 4.79 Å². The zero-order valence-electron chi connectivity index (χ0n) is 17.3. The van der Waals surface area contributed by atoms with Crippen molar-refractivity contribution < 1.29 is 23.8 Å². The fourth-order valence-corrected chi connectivity index (χ4v) is 2.80. The Balaban J connectivity index is 1.63. The Morgan fingerprint density at radius 3 is 2.13 bits per heavy atom. The summed E-state index contributed by atoms with van der Waals surface area (Å²) >= 11 is 0. The van der Waals surface area contributed by atoms with E-state index in [1.807, 2.05) is 30.3 Å². The van der Waals surface area contributed by atoms with Crippen LogP contribution in [0.25, 0.3) is 12.2 Å². The fraction of sp³-hybridized carbons (Fsp3) is 0.0769. The molecule has 5 nitrogen and oxygen atoms in total. The lowest BCUT2D eigenvalue weighted by Gasteiger charge is -2.07. The number of hydrogen-bond acceptors (Lipinski definition) is 5. The summed E-state index contributed by atoms with van der Waals surface area (Å²) < 4.78 is 15.8. The third-order valence-electron chi connectivity index (χ3n) is 4.42. The smallest absolute Gasteiger partial charge is 0.336 e. The van der Waals surface area contributed by atoms with Crippen LogP contribution in [0.3, 0.4) is 0 Å². The third kappa shape index (κ3) is 6.18. The van der Waals surface area contributed by atoms with Gasteiger partial charge in [-0.15, -0.1) is 0 Å². The van der Waals surface area contributed by atoms with E-state index in [-0.39, 0.29) is 5.78 Å². The van der Waals surface area contributed by atoms with E-state index in [2.05, 4.69) is 0 Å². The molecule has 31 heavy (non-hydrogen) atoms. The lowest BCUT2D eigenvalue weighted by atomic mass is 10.1. The van der Waals surface area contributed by atoms with E-state index in [0.29, 0.717) is 22.8 Å². The lowest BCUT2D eigenvalue weighted by molar-refractivity contribution is -0.128. The van der Waals surface area contributed by atoms with Crippen molar-refractivity contribution in [2.75, 3.05) is 14.2 Å². The first kappa shape index (κ1) is 21.6. The summed E-state index contributed by atoms with van der Waals surface area (Å²) in [6, 6.07) is 21.2. The van der Waals surface area contributed by atoms with Crippen LogP contribution in [0.4, 0.5) is 0 Å². The van der Waals surface area contributed by atoms with Gasteiger partial charge in [0.2, 0.25) is 0 Å². The molecule has 0 radical (unpaired) electrons. The Morgan fingerprint density at radius 1 is 0.742 bits per heavy atom. The van der Waals surface area contributed by atoms with E-state index in [1.165, 1.54) is 12.2 Å². The van der Waals surface area contributed by atoms with Gasteiger partial charge in [0.15, 0.2) is 5.78 Å². The van der Waals surface area contributed by atoms with E-state index in [0.717, 1.165) is 11.1 Å². The molecule has 3 aromatic rings. The largest absolute Gasteiger partial charge is 0.497 e. The van der Waals surface area contributed by atoms with Crippen LogP contribution in [0.2, 0.25) is 0 Å². The number of allylic oxidation sites excluding steroid dienone is 1. The first-order valence-corrected chi connectivity index (χ1v) is 9.58. The molecule has 0 bridgehead atoms. The molecule has 0 aliphatic carbocycles. The van der Waals surface area contributed by atoms with Crippen LogP contribution in [0.5, 0.6) is 17.2 Å². The highest BCUT2D eigenvalue weighted by Crippen LogP contribution is 2.25. The molecule has 0 atom stereocenters. The van der Waals surface area contributed by atoms with Gasteiger partial charge < -0.3 is 14.2 Å². The predicted molar refractivity (Wildman–Crippen MR) is 120 cm³/mol. The average Bonchev–Trinajstić information content (AvgIpc) is 2.82. The monoisotopic (exact) mass is 414 g/mol. The SMILES string of the molecule is COc1ccc(OC)c(/C=C/C(=O)c2ccc(OC(=O)/C=C/c3ccccc3)cc2)c1. The normalized spacial score (nSPS) is 10.9. The Labute approximate surface area is 181 Å². The number of methoxy groups -OCH3 is 2. The molecule has 3 rings (SSSR count). The van der Waals surface area contributed by atoms with Gasteiger partial charge in [0.25, 0.3) is 0 Å². The number of esters is 1. The topological polar surface area (TPSA) is 61.8 Å². The van der Waals surface area contributed by atoms with Gasteiger partial charge in [-0.2, -0.15) is 0 Å². The van der Waals surface area contributed by atoms with Crippen LogP contribution in [-0.4, -0.2) is 26.0 Å². The molecule has 0 saturated carbocycles. The van der Waals surface area contributed by atoms with Crippen LogP contribution >= 0.6 is 0 Å². The summed E-state index contributed by atoms with van der Waals surface area (Å²) in [5.41, 5.74) is 2.10. The van der Waals surface area contributed by atoms with E-state index in [1.54, 1.807) is 68.8 Å². The number of benzene rings is 3. The molecule has 0 aromatic heterocycles. The zero-order chi connectivity index (χ0) is 22.1. The number of carbonyl (C=O) groups is 2. The van der Waals surface area contributed by atoms with Crippen molar-refractivity contribution in [2.45, 2.75) is 0 Å². The highest BCUT2D eigenvalue weighted by molar-refractivity contribution is 6.07. The van der Waals surface area contributed by atoms with Gasteiger partial charge in [-0.1, -0.05) is 30.3 Å². The minimum atomic E-state index is -0.493. The maximum absolute atomic E-state index is 12.5. The molecule has 0 saturated heterocycles. The molecule has 0 spiro atoms. The van der Waals surface area contributed by atoms with Gasteiger partial charge in [-0.3, -0.25) is 4.79 Å². The quantitative estimate of drug-likeness (QED) is 0.219. The van der Waals surface area contributed by atoms with Gasteiger partial charge >= 0.3 is 5.97 Å². The van der Waals surface area contributed by atoms with E-state index >= 15 is 0 Å². The molecule has 156 valence electrons. The van der Waals surface area contributed by atoms with Crippen molar-refractivity contribution in [3.05, 3.63) is 102 Å². The van der Waals surface area contributed by atoms with Gasteiger partial charge in [0.1, 0.15) is 17.2 Å². The number of hydrogen-bond donors (Lipinski definition) is 0. The number of ether oxygens (including phenoxy) is 3. The van der Waals surface area contributed by atoms with E-state index in [4.69, 9.17) is 14.2 Å². The Hall–Kier alpha value is -4.12. The average molecular weight is 414 g/mol. The molecule has 0 heterocycles. The van der Waals surface area contributed by atoms with Crippen LogP contribution in [0.15, 0.2) is 84.9 Å². The maximum atomic E-state index is 12.5. The molecule has 3 aromatic carbocycles. The highest BCUT2D eigenvalue weighted by atomic mass is 16.5. The van der Waals surface area contributed by atoms with Crippen LogP contribution in [0, 0.1) is 0 Å². The molecular weight excluding hydrogens is 392 g/mol. The maximum Gasteiger partial charge on any atom is 0.336 e. The first-order chi connectivity index (χ1) is 15.1. The van der Waals surface area contributed by atoms with Crippen LogP contribution in [-0.2, 0) is 4.79 Å². The summed E-state index contributed by atoms with van der Waals surface area (Å²) in [4.78, 5) is 24.5. The van der Waals surface area contributed by atoms with Crippen molar-refractivity contribution in [1.82, 2.24) is 0 Å². The number of ketones is 1. The van der Waals surface area contributed by atoms with E-state index in [9.17, 15) is 9.59 Å². The van der Waals surface area contributed by atoms with Crippen LogP contribution in [0.1, 0.15) is 21.5 Å². The van der Waals surface area contributed by atoms with Crippen molar-refractivity contribution in [2.24, 2.45) is 0 Å². The van der Waals surface area contributed by atoms with Crippen molar-refractivity contribution in [3.8, 4) is 17.2 Å².